The van der Waals surface area contributed by atoms with Crippen LogP contribution in [0.25, 0.3) is 0 Å². The molecular formula is C28H29N3O7. The Hall–Kier alpha value is -4.83. The van der Waals surface area contributed by atoms with Gasteiger partial charge >= 0.3 is 6.09 Å². The first-order valence-electron chi connectivity index (χ1n) is 11.7. The van der Waals surface area contributed by atoms with Crippen LogP contribution in [0.5, 0.6) is 11.5 Å². The molecule has 198 valence electrons. The zero-order valence-corrected chi connectivity index (χ0v) is 20.9. The Morgan fingerprint density at radius 1 is 1.03 bits per heavy atom. The molecule has 0 saturated carbocycles. The summed E-state index contributed by atoms with van der Waals surface area (Å²) in [6.45, 7) is 1.93. The minimum absolute atomic E-state index is 0.198. The number of phenolic OH excluding ortho intramolecular Hbond substituents is 1. The zero-order chi connectivity index (χ0) is 27.5. The van der Waals surface area contributed by atoms with Crippen molar-refractivity contribution in [2.24, 2.45) is 0 Å². The van der Waals surface area contributed by atoms with Gasteiger partial charge in [-0.25, -0.2) is 4.79 Å². The van der Waals surface area contributed by atoms with Crippen LogP contribution < -0.4 is 21.1 Å². The van der Waals surface area contributed by atoms with Crippen LogP contribution in [0.4, 0.5) is 16.2 Å². The lowest BCUT2D eigenvalue weighted by Crippen LogP contribution is -2.35. The van der Waals surface area contributed by atoms with Gasteiger partial charge in [0.15, 0.2) is 17.6 Å². The quantitative estimate of drug-likeness (QED) is 0.230. The van der Waals surface area contributed by atoms with Gasteiger partial charge in [0.25, 0.3) is 5.91 Å². The molecule has 0 radical (unpaired) electrons. The smallest absolute Gasteiger partial charge is 0.414 e. The minimum atomic E-state index is -1.15. The molecule has 38 heavy (non-hydrogen) atoms. The number of hydrogen-bond donors (Lipinski definition) is 4. The molecule has 0 aliphatic rings. The number of imide groups is 1. The highest BCUT2D eigenvalue weighted by molar-refractivity contribution is 6.03. The molecule has 0 unspecified atom stereocenters. The van der Waals surface area contributed by atoms with Crippen molar-refractivity contribution in [2.75, 3.05) is 24.8 Å². The molecule has 0 heterocycles. The number of nitrogens with two attached hydrogens (primary N) is 1. The van der Waals surface area contributed by atoms with Crippen molar-refractivity contribution in [2.45, 2.75) is 19.1 Å². The van der Waals surface area contributed by atoms with Crippen molar-refractivity contribution < 1.29 is 33.7 Å². The Bertz CT molecular complexity index is 1290. The number of phenols is 1. The summed E-state index contributed by atoms with van der Waals surface area (Å²) < 4.78 is 16.5. The summed E-state index contributed by atoms with van der Waals surface area (Å²) in [6.07, 6.45) is -0.528. The van der Waals surface area contributed by atoms with Crippen LogP contribution in [0.3, 0.4) is 0 Å². The monoisotopic (exact) mass is 519 g/mol. The van der Waals surface area contributed by atoms with Gasteiger partial charge in [0.05, 0.1) is 18.5 Å². The second-order valence-electron chi connectivity index (χ2n) is 7.93. The van der Waals surface area contributed by atoms with E-state index >= 15 is 0 Å². The number of carbonyl (C=O) groups excluding carboxylic acids is 3. The summed E-state index contributed by atoms with van der Waals surface area (Å²) in [5.41, 5.74) is 7.31. The van der Waals surface area contributed by atoms with Gasteiger partial charge in [-0.05, 0) is 55.0 Å². The number of hydrogen-bond acceptors (Lipinski definition) is 8. The maximum absolute atomic E-state index is 12.7. The van der Waals surface area contributed by atoms with Gasteiger partial charge in [0.1, 0.15) is 6.10 Å². The third-order valence-electron chi connectivity index (χ3n) is 5.33. The van der Waals surface area contributed by atoms with Gasteiger partial charge in [0.2, 0.25) is 5.91 Å². The molecular weight excluding hydrogens is 490 g/mol. The van der Waals surface area contributed by atoms with E-state index in [-0.39, 0.29) is 23.7 Å². The van der Waals surface area contributed by atoms with Crippen molar-refractivity contribution in [1.29, 1.82) is 0 Å². The van der Waals surface area contributed by atoms with Crippen LogP contribution >= 0.6 is 0 Å². The standard InChI is InChI=1S/C28H29N3O7/c1-3-37-24(15-16-25(33)30-21-12-8-7-11-20(21)29)26(19-13-14-23(36-2)22(32)17-19)38-28(35)31-27(34)18-9-5-4-6-10-18/h4-17,24,26,32H,3,29H2,1-2H3,(H,30,33)(H,31,34,35)/b16-15+/t24-,26-/m1/s1. The molecule has 2 atom stereocenters. The van der Waals surface area contributed by atoms with Gasteiger partial charge in [-0.3, -0.25) is 14.9 Å². The molecule has 0 aliphatic carbocycles. The minimum Gasteiger partial charge on any atom is -0.504 e. The molecule has 0 bridgehead atoms. The Morgan fingerprint density at radius 3 is 2.39 bits per heavy atom. The average molecular weight is 520 g/mol. The highest BCUT2D eigenvalue weighted by atomic mass is 16.6. The first kappa shape index (κ1) is 27.8. The van der Waals surface area contributed by atoms with Gasteiger partial charge in [-0.2, -0.15) is 0 Å². The van der Waals surface area contributed by atoms with Gasteiger partial charge < -0.3 is 30.4 Å². The van der Waals surface area contributed by atoms with Crippen molar-refractivity contribution in [3.8, 4) is 11.5 Å². The molecule has 10 heteroatoms. The Kier molecular flexibility index (Phi) is 9.84. The van der Waals surface area contributed by atoms with Crippen LogP contribution in [0, 0.1) is 0 Å². The highest BCUT2D eigenvalue weighted by Crippen LogP contribution is 2.33. The molecule has 3 amide bonds. The van der Waals surface area contributed by atoms with E-state index in [9.17, 15) is 19.5 Å². The number of nitrogen functional groups attached to an aromatic ring is 1. The molecule has 0 aromatic heterocycles. The largest absolute Gasteiger partial charge is 0.504 e. The predicted octanol–water partition coefficient (Wildman–Crippen LogP) is 4.19. The summed E-state index contributed by atoms with van der Waals surface area (Å²) in [5.74, 6) is -1.14. The van der Waals surface area contributed by atoms with Gasteiger partial charge in [0, 0.05) is 18.2 Å². The molecule has 10 nitrogen and oxygen atoms in total. The first-order valence-corrected chi connectivity index (χ1v) is 11.7. The van der Waals surface area contributed by atoms with Crippen LogP contribution in [0.2, 0.25) is 0 Å². The van der Waals surface area contributed by atoms with Crippen molar-refractivity contribution in [1.82, 2.24) is 5.32 Å². The molecule has 0 saturated heterocycles. The number of nitrogens with one attached hydrogen (secondary N) is 2. The van der Waals surface area contributed by atoms with Crippen molar-refractivity contribution >= 4 is 29.3 Å². The van der Waals surface area contributed by atoms with E-state index in [0.717, 1.165) is 0 Å². The second-order valence-corrected chi connectivity index (χ2v) is 7.93. The van der Waals surface area contributed by atoms with E-state index in [4.69, 9.17) is 19.9 Å². The van der Waals surface area contributed by atoms with Crippen LogP contribution in [0.1, 0.15) is 28.9 Å². The van der Waals surface area contributed by atoms with E-state index in [1.54, 1.807) is 67.6 Å². The predicted molar refractivity (Wildman–Crippen MR) is 142 cm³/mol. The number of benzene rings is 3. The fraction of sp³-hybridized carbons (Fsp3) is 0.179. The Labute approximate surface area is 220 Å². The summed E-state index contributed by atoms with van der Waals surface area (Å²) in [5, 5.41) is 15.2. The third-order valence-corrected chi connectivity index (χ3v) is 5.33. The lowest BCUT2D eigenvalue weighted by atomic mass is 10.0. The lowest BCUT2D eigenvalue weighted by Gasteiger charge is -2.25. The number of methoxy groups -OCH3 is 1. The van der Waals surface area contributed by atoms with Gasteiger partial charge in [-0.15, -0.1) is 0 Å². The summed E-state index contributed by atoms with van der Waals surface area (Å²) in [6, 6.07) is 19.3. The fourth-order valence-corrected chi connectivity index (χ4v) is 3.51. The van der Waals surface area contributed by atoms with Crippen molar-refractivity contribution in [3.05, 3.63) is 96.1 Å². The second kappa shape index (κ2) is 13.5. The number of ether oxygens (including phenoxy) is 3. The van der Waals surface area contributed by atoms with Gasteiger partial charge in [-0.1, -0.05) is 36.4 Å². The highest BCUT2D eigenvalue weighted by Gasteiger charge is 2.28. The van der Waals surface area contributed by atoms with Crippen molar-refractivity contribution in [3.63, 3.8) is 0 Å². The Morgan fingerprint density at radius 2 is 1.74 bits per heavy atom. The van der Waals surface area contributed by atoms with Crippen LogP contribution in [-0.4, -0.2) is 42.8 Å². The zero-order valence-electron chi connectivity index (χ0n) is 20.9. The van der Waals surface area contributed by atoms with Crippen LogP contribution in [-0.2, 0) is 14.3 Å². The van der Waals surface area contributed by atoms with E-state index in [1.807, 2.05) is 0 Å². The maximum atomic E-state index is 12.7. The number of aromatic hydroxyl groups is 1. The summed E-state index contributed by atoms with van der Waals surface area (Å²) in [7, 11) is 1.40. The molecule has 3 rings (SSSR count). The third kappa shape index (κ3) is 7.58. The molecule has 5 N–H and O–H groups in total. The number of carbonyl (C=O) groups is 3. The number of anilines is 2. The van der Waals surface area contributed by atoms with E-state index in [2.05, 4.69) is 10.6 Å². The SMILES string of the molecule is CCO[C@H](/C=C/C(=O)Nc1ccccc1N)[C@H](OC(=O)NC(=O)c1ccccc1)c1ccc(OC)c(O)c1. The molecule has 3 aromatic carbocycles. The molecule has 0 aliphatic heterocycles. The number of alkyl carbamates (subject to hydrolysis) is 1. The van der Waals surface area contributed by atoms with Crippen LogP contribution in [0.15, 0.2) is 84.9 Å². The van der Waals surface area contributed by atoms with E-state index in [1.165, 1.54) is 31.4 Å². The summed E-state index contributed by atoms with van der Waals surface area (Å²) in [4.78, 5) is 37.7. The number of rotatable bonds is 10. The normalized spacial score (nSPS) is 12.4. The first-order chi connectivity index (χ1) is 18.3. The Balaban J connectivity index is 1.85. The molecule has 0 spiro atoms. The van der Waals surface area contributed by atoms with E-state index in [0.29, 0.717) is 16.9 Å². The topological polar surface area (TPSA) is 149 Å². The number of amides is 3. The maximum Gasteiger partial charge on any atom is 0.414 e. The average Bonchev–Trinajstić information content (AvgIpc) is 2.91. The summed E-state index contributed by atoms with van der Waals surface area (Å²) >= 11 is 0. The fourth-order valence-electron chi connectivity index (χ4n) is 3.51. The van der Waals surface area contributed by atoms with E-state index < -0.39 is 30.1 Å². The molecule has 0 fully saturated rings. The molecule has 3 aromatic rings. The lowest BCUT2D eigenvalue weighted by molar-refractivity contribution is -0.112. The number of para-hydroxylation sites is 2.